The molecule has 0 spiro atoms. The lowest BCUT2D eigenvalue weighted by Gasteiger charge is -2.28. The van der Waals surface area contributed by atoms with Crippen LogP contribution < -0.4 is 10.6 Å². The molecule has 0 bridgehead atoms. The fourth-order valence-corrected chi connectivity index (χ4v) is 2.48. The molecule has 0 unspecified atom stereocenters. The fourth-order valence-electron chi connectivity index (χ4n) is 2.29. The van der Waals surface area contributed by atoms with Gasteiger partial charge in [0.15, 0.2) is 0 Å². The number of nitrogens with one attached hydrogen (secondary N) is 2. The van der Waals surface area contributed by atoms with Gasteiger partial charge in [-0.2, -0.15) is 13.2 Å². The number of esters is 1. The van der Waals surface area contributed by atoms with Crippen molar-refractivity contribution < 1.29 is 32.6 Å². The van der Waals surface area contributed by atoms with Gasteiger partial charge in [-0.05, 0) is 37.3 Å². The highest BCUT2D eigenvalue weighted by molar-refractivity contribution is 6.30. The van der Waals surface area contributed by atoms with Crippen LogP contribution in [-0.4, -0.2) is 29.9 Å². The molecule has 0 aromatic heterocycles. The number of hydrogen-bond donors (Lipinski definition) is 3. The third-order valence-corrected chi connectivity index (χ3v) is 3.86. The number of rotatable bonds is 5. The summed E-state index contributed by atoms with van der Waals surface area (Å²) in [6, 6.07) is 9.66. The van der Waals surface area contributed by atoms with E-state index in [0.29, 0.717) is 10.7 Å². The van der Waals surface area contributed by atoms with Crippen molar-refractivity contribution in [1.29, 1.82) is 0 Å². The van der Waals surface area contributed by atoms with Crippen LogP contribution in [0.25, 0.3) is 0 Å². The van der Waals surface area contributed by atoms with Crippen molar-refractivity contribution >= 4 is 35.0 Å². The van der Waals surface area contributed by atoms with E-state index in [1.807, 2.05) is 0 Å². The van der Waals surface area contributed by atoms with E-state index in [2.05, 4.69) is 15.4 Å². The van der Waals surface area contributed by atoms with Crippen molar-refractivity contribution in [2.45, 2.75) is 18.7 Å². The lowest BCUT2D eigenvalue weighted by Crippen LogP contribution is -2.50. The van der Waals surface area contributed by atoms with Crippen LogP contribution >= 0.6 is 11.6 Å². The lowest BCUT2D eigenvalue weighted by atomic mass is 9.93. The Morgan fingerprint density at radius 3 is 2.21 bits per heavy atom. The fraction of sp³-hybridized carbons (Fsp3) is 0.222. The second-order valence-corrected chi connectivity index (χ2v) is 6.03. The van der Waals surface area contributed by atoms with Crippen molar-refractivity contribution in [2.24, 2.45) is 0 Å². The number of anilines is 2. The maximum atomic E-state index is 13.3. The molecule has 0 saturated heterocycles. The highest BCUT2D eigenvalue weighted by Crippen LogP contribution is 2.40. The summed E-state index contributed by atoms with van der Waals surface area (Å²) in [5, 5.41) is 15.3. The lowest BCUT2D eigenvalue weighted by molar-refractivity contribution is -0.267. The molecule has 0 radical (unpaired) electrons. The first-order valence-corrected chi connectivity index (χ1v) is 8.36. The van der Waals surface area contributed by atoms with E-state index in [9.17, 15) is 27.9 Å². The summed E-state index contributed by atoms with van der Waals surface area (Å²) in [5.74, 6) is -1.83. The monoisotopic (exact) mass is 416 g/mol. The second kappa shape index (κ2) is 8.49. The van der Waals surface area contributed by atoms with Crippen molar-refractivity contribution in [3.8, 4) is 0 Å². The highest BCUT2D eigenvalue weighted by atomic mass is 35.5. The van der Waals surface area contributed by atoms with Crippen LogP contribution in [0.3, 0.4) is 0 Å². The highest BCUT2D eigenvalue weighted by Gasteiger charge is 2.62. The van der Waals surface area contributed by atoms with Crippen molar-refractivity contribution in [1.82, 2.24) is 0 Å². The van der Waals surface area contributed by atoms with Crippen LogP contribution in [0.2, 0.25) is 5.02 Å². The first-order valence-electron chi connectivity index (χ1n) is 7.98. The zero-order chi connectivity index (χ0) is 20.9. The van der Waals surface area contributed by atoms with Gasteiger partial charge < -0.3 is 20.5 Å². The van der Waals surface area contributed by atoms with Crippen LogP contribution in [0.4, 0.5) is 29.3 Å². The summed E-state index contributed by atoms with van der Waals surface area (Å²) in [6.45, 7) is 0.987. The Labute approximate surface area is 163 Å². The maximum Gasteiger partial charge on any atom is 0.432 e. The molecule has 2 amide bonds. The van der Waals surface area contributed by atoms with E-state index in [1.165, 1.54) is 13.0 Å². The summed E-state index contributed by atoms with van der Waals surface area (Å²) >= 11 is 5.81. The molecule has 1 atom stereocenters. The Kier molecular flexibility index (Phi) is 6.52. The smallest absolute Gasteiger partial charge is 0.432 e. The maximum absolute atomic E-state index is 13.3. The Balaban J connectivity index is 2.17. The molecule has 0 heterocycles. The molecule has 150 valence electrons. The van der Waals surface area contributed by atoms with E-state index in [4.69, 9.17) is 11.6 Å². The molecular weight excluding hydrogens is 401 g/mol. The van der Waals surface area contributed by atoms with E-state index in [0.717, 1.165) is 24.3 Å². The van der Waals surface area contributed by atoms with E-state index in [-0.39, 0.29) is 12.3 Å². The summed E-state index contributed by atoms with van der Waals surface area (Å²) in [7, 11) is 0. The minimum Gasteiger partial charge on any atom is -0.463 e. The first kappa shape index (κ1) is 21.5. The molecular formula is C18H16ClF3N2O4. The Morgan fingerprint density at radius 2 is 1.68 bits per heavy atom. The molecule has 0 fully saturated rings. The number of ether oxygens (including phenoxy) is 1. The average molecular weight is 417 g/mol. The Morgan fingerprint density at radius 1 is 1.07 bits per heavy atom. The van der Waals surface area contributed by atoms with Crippen LogP contribution in [-0.2, 0) is 15.1 Å². The zero-order valence-electron chi connectivity index (χ0n) is 14.5. The molecule has 2 rings (SSSR count). The van der Waals surface area contributed by atoms with Crippen LogP contribution in [0.1, 0.15) is 12.5 Å². The first-order chi connectivity index (χ1) is 13.1. The third kappa shape index (κ3) is 4.73. The second-order valence-electron chi connectivity index (χ2n) is 5.60. The van der Waals surface area contributed by atoms with E-state index < -0.39 is 29.3 Å². The summed E-state index contributed by atoms with van der Waals surface area (Å²) in [5.41, 5.74) is -4.00. The van der Waals surface area contributed by atoms with E-state index >= 15 is 0 Å². The van der Waals surface area contributed by atoms with Gasteiger partial charge in [-0.15, -0.1) is 0 Å². The molecule has 6 nitrogen and oxygen atoms in total. The van der Waals surface area contributed by atoms with Gasteiger partial charge in [-0.1, -0.05) is 29.8 Å². The van der Waals surface area contributed by atoms with Crippen LogP contribution in [0.5, 0.6) is 0 Å². The van der Waals surface area contributed by atoms with E-state index in [1.54, 1.807) is 18.2 Å². The summed E-state index contributed by atoms with van der Waals surface area (Å²) in [6.07, 6.45) is -5.29. The van der Waals surface area contributed by atoms with Crippen LogP contribution in [0, 0.1) is 0 Å². The van der Waals surface area contributed by atoms with Crippen molar-refractivity contribution in [3.63, 3.8) is 0 Å². The Hall–Kier alpha value is -2.78. The molecule has 3 N–H and O–H groups in total. The van der Waals surface area contributed by atoms with Gasteiger partial charge in [0.2, 0.25) is 0 Å². The number of carbonyl (C=O) groups is 2. The normalized spacial score (nSPS) is 13.4. The van der Waals surface area contributed by atoms with Gasteiger partial charge in [-0.25, -0.2) is 9.59 Å². The van der Waals surface area contributed by atoms with Gasteiger partial charge in [-0.3, -0.25) is 0 Å². The molecule has 0 aliphatic carbocycles. The number of benzene rings is 2. The van der Waals surface area contributed by atoms with Crippen molar-refractivity contribution in [3.05, 3.63) is 59.1 Å². The molecule has 2 aromatic rings. The third-order valence-electron chi connectivity index (χ3n) is 3.62. The predicted molar refractivity (Wildman–Crippen MR) is 97.1 cm³/mol. The number of urea groups is 1. The molecule has 0 saturated carbocycles. The quantitative estimate of drug-likeness (QED) is 0.634. The molecule has 0 aliphatic heterocycles. The summed E-state index contributed by atoms with van der Waals surface area (Å²) in [4.78, 5) is 23.7. The molecule has 0 aliphatic rings. The SMILES string of the molecule is CCOC(=O)[C@@](O)(c1ccc(NC(=O)Nc2cccc(Cl)c2)cc1)C(F)(F)F. The van der Waals surface area contributed by atoms with Gasteiger partial charge >= 0.3 is 18.2 Å². The minimum absolute atomic E-state index is 0.136. The van der Waals surface area contributed by atoms with Crippen LogP contribution in [0.15, 0.2) is 48.5 Å². The number of hydrogen-bond acceptors (Lipinski definition) is 4. The number of halogens is 4. The van der Waals surface area contributed by atoms with Gasteiger partial charge in [0.1, 0.15) is 0 Å². The summed E-state index contributed by atoms with van der Waals surface area (Å²) < 4.78 is 44.3. The number of amides is 2. The predicted octanol–water partition coefficient (Wildman–Crippen LogP) is 4.30. The molecule has 2 aromatic carbocycles. The zero-order valence-corrected chi connectivity index (χ0v) is 15.3. The molecule has 28 heavy (non-hydrogen) atoms. The largest absolute Gasteiger partial charge is 0.463 e. The number of aliphatic hydroxyl groups is 1. The minimum atomic E-state index is -5.29. The Bertz CT molecular complexity index is 859. The topological polar surface area (TPSA) is 87.7 Å². The van der Waals surface area contributed by atoms with Gasteiger partial charge in [0.25, 0.3) is 5.60 Å². The van der Waals surface area contributed by atoms with Gasteiger partial charge in [0.05, 0.1) is 6.61 Å². The average Bonchev–Trinajstić information content (AvgIpc) is 2.60. The standard InChI is InChI=1S/C18H16ClF3N2O4/c1-2-28-15(25)17(27,18(20,21)22)11-6-8-13(9-7-11)23-16(26)24-14-5-3-4-12(19)10-14/h3-10,27H,2H2,1H3,(H2,23,24,26)/t17-/m0/s1. The van der Waals surface area contributed by atoms with Gasteiger partial charge in [0, 0.05) is 22.0 Å². The van der Waals surface area contributed by atoms with Crippen molar-refractivity contribution in [2.75, 3.05) is 17.2 Å². The number of carbonyl (C=O) groups excluding carboxylic acids is 2. The number of alkyl halides is 3. The molecule has 10 heteroatoms.